The first-order valence-electron chi connectivity index (χ1n) is 6.00. The van der Waals surface area contributed by atoms with Crippen LogP contribution in [0.4, 0.5) is 0 Å². The van der Waals surface area contributed by atoms with Crippen molar-refractivity contribution in [3.63, 3.8) is 0 Å². The summed E-state index contributed by atoms with van der Waals surface area (Å²) in [4.78, 5) is 0.234. The zero-order chi connectivity index (χ0) is 14.6. The highest BCUT2D eigenvalue weighted by Gasteiger charge is 2.13. The van der Waals surface area contributed by atoms with Crippen molar-refractivity contribution < 1.29 is 13.5 Å². The van der Waals surface area contributed by atoms with Crippen LogP contribution in [0, 0.1) is 0 Å². The van der Waals surface area contributed by atoms with Gasteiger partial charge in [0.2, 0.25) is 10.0 Å². The van der Waals surface area contributed by atoms with Crippen LogP contribution >= 0.6 is 15.9 Å². The van der Waals surface area contributed by atoms with E-state index in [-0.39, 0.29) is 10.6 Å². The number of rotatable bonds is 5. The average molecular weight is 356 g/mol. The normalized spacial score (nSPS) is 11.4. The Labute approximate surface area is 126 Å². The number of aromatic hydroxyl groups is 1. The summed E-state index contributed by atoms with van der Waals surface area (Å²) in [6.45, 7) is 0.305. The first kappa shape index (κ1) is 15.0. The molecule has 0 amide bonds. The molecule has 0 bridgehead atoms. The average Bonchev–Trinajstić information content (AvgIpc) is 2.41. The van der Waals surface area contributed by atoms with Crippen LogP contribution in [0.5, 0.6) is 5.75 Å². The highest BCUT2D eigenvalue weighted by atomic mass is 79.9. The Balaban J connectivity index is 1.98. The molecule has 0 aromatic heterocycles. The van der Waals surface area contributed by atoms with Gasteiger partial charge in [-0.1, -0.05) is 34.1 Å². The summed E-state index contributed by atoms with van der Waals surface area (Å²) < 4.78 is 27.4. The Morgan fingerprint density at radius 2 is 1.80 bits per heavy atom. The van der Waals surface area contributed by atoms with Gasteiger partial charge in [0.25, 0.3) is 0 Å². The molecule has 2 rings (SSSR count). The lowest BCUT2D eigenvalue weighted by Crippen LogP contribution is -2.25. The number of phenols is 1. The van der Waals surface area contributed by atoms with Crippen molar-refractivity contribution in [3.8, 4) is 5.75 Å². The third-order valence-corrected chi connectivity index (χ3v) is 4.70. The van der Waals surface area contributed by atoms with Crippen LogP contribution in [0.15, 0.2) is 57.9 Å². The highest BCUT2D eigenvalue weighted by molar-refractivity contribution is 9.10. The number of hydrogen-bond donors (Lipinski definition) is 2. The van der Waals surface area contributed by atoms with E-state index < -0.39 is 10.0 Å². The molecular formula is C14H14BrNO3S. The molecule has 0 aliphatic rings. The van der Waals surface area contributed by atoms with E-state index in [4.69, 9.17) is 0 Å². The molecule has 0 heterocycles. The third kappa shape index (κ3) is 4.06. The van der Waals surface area contributed by atoms with E-state index in [0.717, 1.165) is 10.0 Å². The van der Waals surface area contributed by atoms with Gasteiger partial charge in [0.1, 0.15) is 5.75 Å². The van der Waals surface area contributed by atoms with Crippen LogP contribution in [0.2, 0.25) is 0 Å². The second-order valence-electron chi connectivity index (χ2n) is 4.27. The second-order valence-corrected chi connectivity index (χ2v) is 6.95. The Morgan fingerprint density at radius 1 is 1.10 bits per heavy atom. The molecule has 0 saturated carbocycles. The molecule has 2 aromatic rings. The van der Waals surface area contributed by atoms with Gasteiger partial charge in [-0.15, -0.1) is 0 Å². The zero-order valence-electron chi connectivity index (χ0n) is 10.6. The molecule has 0 fully saturated rings. The molecule has 0 unspecified atom stereocenters. The third-order valence-electron chi connectivity index (χ3n) is 2.75. The van der Waals surface area contributed by atoms with Crippen molar-refractivity contribution in [1.82, 2.24) is 4.72 Å². The summed E-state index contributed by atoms with van der Waals surface area (Å²) in [5.41, 5.74) is 0.958. The van der Waals surface area contributed by atoms with Crippen molar-refractivity contribution in [2.75, 3.05) is 6.54 Å². The molecule has 20 heavy (non-hydrogen) atoms. The highest BCUT2D eigenvalue weighted by Crippen LogP contribution is 2.16. The Kier molecular flexibility index (Phi) is 4.80. The Bertz CT molecular complexity index is 684. The largest absolute Gasteiger partial charge is 0.508 e. The zero-order valence-corrected chi connectivity index (χ0v) is 13.0. The minimum Gasteiger partial charge on any atom is -0.508 e. The van der Waals surface area contributed by atoms with Gasteiger partial charge in [0, 0.05) is 11.0 Å². The maximum atomic E-state index is 12.1. The molecular weight excluding hydrogens is 342 g/mol. The standard InChI is InChI=1S/C14H14BrNO3S/c15-12-2-1-3-14(10-12)20(18,19)16-9-8-11-4-6-13(17)7-5-11/h1-7,10,16-17H,8-9H2. The number of sulfonamides is 1. The van der Waals surface area contributed by atoms with Crippen molar-refractivity contribution in [2.24, 2.45) is 0 Å². The Morgan fingerprint density at radius 3 is 2.45 bits per heavy atom. The van der Waals surface area contributed by atoms with Gasteiger partial charge in [-0.05, 0) is 42.3 Å². The molecule has 0 radical (unpaired) electrons. The predicted octanol–water partition coefficient (Wildman–Crippen LogP) is 2.68. The first-order chi connectivity index (χ1) is 9.47. The van der Waals surface area contributed by atoms with Crippen LogP contribution in [-0.2, 0) is 16.4 Å². The minimum absolute atomic E-state index is 0.198. The summed E-state index contributed by atoms with van der Waals surface area (Å²) in [6, 6.07) is 13.3. The molecule has 106 valence electrons. The molecule has 0 aliphatic heterocycles. The lowest BCUT2D eigenvalue weighted by Gasteiger charge is -2.07. The summed E-state index contributed by atoms with van der Waals surface area (Å²) in [5, 5.41) is 9.17. The minimum atomic E-state index is -3.49. The van der Waals surface area contributed by atoms with E-state index in [1.54, 1.807) is 48.5 Å². The Hall–Kier alpha value is -1.37. The monoisotopic (exact) mass is 355 g/mol. The van der Waals surface area contributed by atoms with E-state index in [9.17, 15) is 13.5 Å². The molecule has 0 aliphatic carbocycles. The van der Waals surface area contributed by atoms with Crippen LogP contribution < -0.4 is 4.72 Å². The summed E-state index contributed by atoms with van der Waals surface area (Å²) in [5.74, 6) is 0.198. The lowest BCUT2D eigenvalue weighted by atomic mass is 10.1. The van der Waals surface area contributed by atoms with E-state index in [1.807, 2.05) is 0 Å². The summed E-state index contributed by atoms with van der Waals surface area (Å²) in [7, 11) is -3.49. The molecule has 0 spiro atoms. The van der Waals surface area contributed by atoms with Gasteiger partial charge in [-0.3, -0.25) is 0 Å². The number of benzene rings is 2. The fraction of sp³-hybridized carbons (Fsp3) is 0.143. The van der Waals surface area contributed by atoms with Gasteiger partial charge < -0.3 is 5.11 Å². The van der Waals surface area contributed by atoms with E-state index in [2.05, 4.69) is 20.7 Å². The quantitative estimate of drug-likeness (QED) is 0.866. The van der Waals surface area contributed by atoms with Crippen LogP contribution in [0.25, 0.3) is 0 Å². The smallest absolute Gasteiger partial charge is 0.240 e. The molecule has 0 atom stereocenters. The number of halogens is 1. The van der Waals surface area contributed by atoms with Crippen molar-refractivity contribution >= 4 is 26.0 Å². The van der Waals surface area contributed by atoms with Gasteiger partial charge in [0.05, 0.1) is 4.90 Å². The molecule has 0 saturated heterocycles. The lowest BCUT2D eigenvalue weighted by molar-refractivity contribution is 0.475. The summed E-state index contributed by atoms with van der Waals surface area (Å²) in [6.07, 6.45) is 0.563. The number of phenolic OH excluding ortho intramolecular Hbond substituents is 1. The topological polar surface area (TPSA) is 66.4 Å². The van der Waals surface area contributed by atoms with Crippen molar-refractivity contribution in [1.29, 1.82) is 0 Å². The van der Waals surface area contributed by atoms with Crippen molar-refractivity contribution in [2.45, 2.75) is 11.3 Å². The predicted molar refractivity (Wildman–Crippen MR) is 81.1 cm³/mol. The maximum absolute atomic E-state index is 12.1. The number of nitrogens with one attached hydrogen (secondary N) is 1. The molecule has 2 N–H and O–H groups in total. The van der Waals surface area contributed by atoms with E-state index in [0.29, 0.717) is 13.0 Å². The molecule has 6 heteroatoms. The maximum Gasteiger partial charge on any atom is 0.240 e. The van der Waals surface area contributed by atoms with Crippen LogP contribution in [0.1, 0.15) is 5.56 Å². The fourth-order valence-electron chi connectivity index (χ4n) is 1.71. The van der Waals surface area contributed by atoms with Gasteiger partial charge in [-0.25, -0.2) is 13.1 Å². The molecule has 4 nitrogen and oxygen atoms in total. The SMILES string of the molecule is O=S(=O)(NCCc1ccc(O)cc1)c1cccc(Br)c1. The first-order valence-corrected chi connectivity index (χ1v) is 8.28. The number of hydrogen-bond acceptors (Lipinski definition) is 3. The van der Waals surface area contributed by atoms with Crippen LogP contribution in [-0.4, -0.2) is 20.1 Å². The van der Waals surface area contributed by atoms with Gasteiger partial charge in [-0.2, -0.15) is 0 Å². The van der Waals surface area contributed by atoms with Crippen molar-refractivity contribution in [3.05, 3.63) is 58.6 Å². The van der Waals surface area contributed by atoms with Crippen LogP contribution in [0.3, 0.4) is 0 Å². The summed E-state index contributed by atoms with van der Waals surface area (Å²) >= 11 is 3.25. The molecule has 2 aromatic carbocycles. The van der Waals surface area contributed by atoms with E-state index >= 15 is 0 Å². The fourth-order valence-corrected chi connectivity index (χ4v) is 3.34. The van der Waals surface area contributed by atoms with Gasteiger partial charge >= 0.3 is 0 Å². The second kappa shape index (κ2) is 6.39. The van der Waals surface area contributed by atoms with Gasteiger partial charge in [0.15, 0.2) is 0 Å². The van der Waals surface area contributed by atoms with E-state index in [1.165, 1.54) is 0 Å².